The maximum atomic E-state index is 12.0. The van der Waals surface area contributed by atoms with E-state index in [1.807, 2.05) is 0 Å². The number of rotatable bonds is 6. The summed E-state index contributed by atoms with van der Waals surface area (Å²) in [7, 11) is 0. The highest BCUT2D eigenvalue weighted by atomic mass is 16.3. The molecule has 2 N–H and O–H groups in total. The molecule has 5 nitrogen and oxygen atoms in total. The predicted octanol–water partition coefficient (Wildman–Crippen LogP) is 0.434. The molecule has 1 saturated heterocycles. The molecule has 0 unspecified atom stereocenters. The fraction of sp³-hybridized carbons (Fsp3) is 0.938. The Morgan fingerprint density at radius 3 is 2.29 bits per heavy atom. The summed E-state index contributed by atoms with van der Waals surface area (Å²) in [4.78, 5) is 16.6. The number of carbonyl (C=O) groups excluding carboxylic acids is 1. The van der Waals surface area contributed by atoms with Crippen molar-refractivity contribution in [2.75, 3.05) is 39.3 Å². The van der Waals surface area contributed by atoms with Gasteiger partial charge in [-0.25, -0.2) is 0 Å². The zero-order chi connectivity index (χ0) is 14.7. The Labute approximate surface area is 127 Å². The Hall–Kier alpha value is -0.650. The van der Waals surface area contributed by atoms with Gasteiger partial charge in [-0.15, -0.1) is 0 Å². The van der Waals surface area contributed by atoms with Gasteiger partial charge < -0.3 is 10.4 Å². The molecule has 120 valence electrons. The summed E-state index contributed by atoms with van der Waals surface area (Å²) in [5, 5.41) is 13.2. The van der Waals surface area contributed by atoms with Crippen LogP contribution in [0.5, 0.6) is 0 Å². The van der Waals surface area contributed by atoms with E-state index in [1.165, 1.54) is 25.7 Å². The van der Waals surface area contributed by atoms with Crippen LogP contribution in [0.25, 0.3) is 0 Å². The maximum absolute atomic E-state index is 12.0. The van der Waals surface area contributed by atoms with Crippen LogP contribution >= 0.6 is 0 Å². The second kappa shape index (κ2) is 7.07. The normalized spacial score (nSPS) is 26.9. The summed E-state index contributed by atoms with van der Waals surface area (Å²) in [6, 6.07) is 0.424. The van der Waals surface area contributed by atoms with Crippen LogP contribution in [0.4, 0.5) is 0 Å². The second-order valence-corrected chi connectivity index (χ2v) is 7.03. The second-order valence-electron chi connectivity index (χ2n) is 7.03. The molecule has 3 aliphatic rings. The van der Waals surface area contributed by atoms with Gasteiger partial charge in [0.05, 0.1) is 12.6 Å². The van der Waals surface area contributed by atoms with Crippen molar-refractivity contribution in [3.63, 3.8) is 0 Å². The van der Waals surface area contributed by atoms with Crippen molar-refractivity contribution in [2.45, 2.75) is 50.7 Å². The van der Waals surface area contributed by atoms with E-state index in [0.717, 1.165) is 45.6 Å². The zero-order valence-corrected chi connectivity index (χ0v) is 13.0. The lowest BCUT2D eigenvalue weighted by atomic mass is 10.2. The number of carbonyl (C=O) groups is 1. The van der Waals surface area contributed by atoms with Crippen molar-refractivity contribution in [3.8, 4) is 0 Å². The van der Waals surface area contributed by atoms with Crippen LogP contribution in [-0.2, 0) is 4.79 Å². The quantitative estimate of drug-likeness (QED) is 0.746. The molecule has 3 fully saturated rings. The minimum absolute atomic E-state index is 0.137. The Morgan fingerprint density at radius 1 is 1.05 bits per heavy atom. The van der Waals surface area contributed by atoms with Gasteiger partial charge in [0.25, 0.3) is 0 Å². The van der Waals surface area contributed by atoms with Crippen LogP contribution in [-0.4, -0.2) is 72.2 Å². The Balaban J connectivity index is 1.32. The minimum Gasteiger partial charge on any atom is -0.392 e. The first-order valence-electron chi connectivity index (χ1n) is 8.63. The highest BCUT2D eigenvalue weighted by molar-refractivity contribution is 5.78. The number of piperazine rings is 1. The smallest absolute Gasteiger partial charge is 0.234 e. The number of hydrogen-bond acceptors (Lipinski definition) is 4. The molecule has 0 radical (unpaired) electrons. The third kappa shape index (κ3) is 4.66. The van der Waals surface area contributed by atoms with Crippen molar-refractivity contribution >= 4 is 5.91 Å². The van der Waals surface area contributed by atoms with Gasteiger partial charge in [0.15, 0.2) is 0 Å². The van der Waals surface area contributed by atoms with Gasteiger partial charge in [-0.3, -0.25) is 14.6 Å². The molecule has 2 saturated carbocycles. The maximum Gasteiger partial charge on any atom is 0.234 e. The van der Waals surface area contributed by atoms with Gasteiger partial charge in [0.1, 0.15) is 0 Å². The molecule has 0 aromatic rings. The van der Waals surface area contributed by atoms with E-state index in [0.29, 0.717) is 18.5 Å². The van der Waals surface area contributed by atoms with Crippen LogP contribution in [0, 0.1) is 5.92 Å². The first-order valence-corrected chi connectivity index (χ1v) is 8.63. The largest absolute Gasteiger partial charge is 0.392 e. The van der Waals surface area contributed by atoms with Crippen LogP contribution < -0.4 is 5.32 Å². The van der Waals surface area contributed by atoms with Gasteiger partial charge in [-0.1, -0.05) is 12.8 Å². The van der Waals surface area contributed by atoms with E-state index in [9.17, 15) is 9.90 Å². The molecule has 1 amide bonds. The molecule has 0 bridgehead atoms. The molecular formula is C16H29N3O2. The summed E-state index contributed by atoms with van der Waals surface area (Å²) < 4.78 is 0. The number of nitrogens with zero attached hydrogens (tertiary/aromatic N) is 2. The molecule has 0 aromatic carbocycles. The van der Waals surface area contributed by atoms with E-state index in [2.05, 4.69) is 15.1 Å². The molecule has 0 aromatic heterocycles. The van der Waals surface area contributed by atoms with E-state index < -0.39 is 0 Å². The Bertz CT molecular complexity index is 345. The van der Waals surface area contributed by atoms with Gasteiger partial charge in [-0.2, -0.15) is 0 Å². The van der Waals surface area contributed by atoms with Crippen LogP contribution in [0.1, 0.15) is 38.5 Å². The third-order valence-corrected chi connectivity index (χ3v) is 5.16. The number of nitrogens with one attached hydrogen (secondary N) is 1. The fourth-order valence-electron chi connectivity index (χ4n) is 3.57. The first kappa shape index (κ1) is 15.3. The summed E-state index contributed by atoms with van der Waals surface area (Å²) in [6.45, 7) is 5.17. The average molecular weight is 295 g/mol. The third-order valence-electron chi connectivity index (χ3n) is 5.16. The average Bonchev–Trinajstić information content (AvgIpc) is 3.20. The summed E-state index contributed by atoms with van der Waals surface area (Å²) in [5.41, 5.74) is 0. The number of aliphatic hydroxyl groups excluding tert-OH is 1. The number of β-amino-alcohol motifs (C(OH)–C–C–N with tert-alkyl or cyclic N) is 1. The SMILES string of the molecule is O=C(CN1CCN(C[C@H](O)C2CC2)CC1)NC1CCCC1. The van der Waals surface area contributed by atoms with E-state index in [4.69, 9.17) is 0 Å². The van der Waals surface area contributed by atoms with Crippen molar-refractivity contribution in [3.05, 3.63) is 0 Å². The van der Waals surface area contributed by atoms with Gasteiger partial charge in [0, 0.05) is 38.8 Å². The molecule has 0 spiro atoms. The molecule has 1 aliphatic heterocycles. The predicted molar refractivity (Wildman–Crippen MR) is 82.0 cm³/mol. The van der Waals surface area contributed by atoms with Crippen molar-refractivity contribution in [1.82, 2.24) is 15.1 Å². The van der Waals surface area contributed by atoms with Crippen molar-refractivity contribution in [1.29, 1.82) is 0 Å². The van der Waals surface area contributed by atoms with Gasteiger partial charge >= 0.3 is 0 Å². The highest BCUT2D eigenvalue weighted by Gasteiger charge is 2.31. The fourth-order valence-corrected chi connectivity index (χ4v) is 3.57. The van der Waals surface area contributed by atoms with Gasteiger partial charge in [-0.05, 0) is 31.6 Å². The molecule has 1 heterocycles. The van der Waals surface area contributed by atoms with Crippen molar-refractivity contribution < 1.29 is 9.90 Å². The van der Waals surface area contributed by atoms with Crippen LogP contribution in [0.2, 0.25) is 0 Å². The Kier molecular flexibility index (Phi) is 5.14. The topological polar surface area (TPSA) is 55.8 Å². The highest BCUT2D eigenvalue weighted by Crippen LogP contribution is 2.32. The first-order chi connectivity index (χ1) is 10.2. The molecule has 2 aliphatic carbocycles. The summed E-state index contributed by atoms with van der Waals surface area (Å²) in [6.07, 6.45) is 7.07. The van der Waals surface area contributed by atoms with E-state index in [1.54, 1.807) is 0 Å². The number of amides is 1. The number of hydrogen-bond donors (Lipinski definition) is 2. The minimum atomic E-state index is -0.137. The molecule has 21 heavy (non-hydrogen) atoms. The summed E-state index contributed by atoms with van der Waals surface area (Å²) in [5.74, 6) is 0.744. The molecular weight excluding hydrogens is 266 g/mol. The lowest BCUT2D eigenvalue weighted by Gasteiger charge is -2.35. The van der Waals surface area contributed by atoms with Crippen molar-refractivity contribution in [2.24, 2.45) is 5.92 Å². The molecule has 1 atom stereocenters. The Morgan fingerprint density at radius 2 is 1.67 bits per heavy atom. The lowest BCUT2D eigenvalue weighted by Crippen LogP contribution is -2.51. The monoisotopic (exact) mass is 295 g/mol. The van der Waals surface area contributed by atoms with E-state index in [-0.39, 0.29) is 12.0 Å². The molecule has 5 heteroatoms. The lowest BCUT2D eigenvalue weighted by molar-refractivity contribution is -0.123. The van der Waals surface area contributed by atoms with Gasteiger partial charge in [0.2, 0.25) is 5.91 Å². The van der Waals surface area contributed by atoms with Crippen LogP contribution in [0.3, 0.4) is 0 Å². The zero-order valence-electron chi connectivity index (χ0n) is 13.0. The van der Waals surface area contributed by atoms with Crippen LogP contribution in [0.15, 0.2) is 0 Å². The summed E-state index contributed by atoms with van der Waals surface area (Å²) >= 11 is 0. The standard InChI is InChI=1S/C16H29N3O2/c20-15(13-5-6-13)11-18-7-9-19(10-8-18)12-16(21)17-14-3-1-2-4-14/h13-15,20H,1-12H2,(H,17,21)/t15-/m0/s1. The molecule has 3 rings (SSSR count). The number of aliphatic hydroxyl groups is 1. The van der Waals surface area contributed by atoms with E-state index >= 15 is 0 Å².